The van der Waals surface area contributed by atoms with Crippen molar-refractivity contribution in [3.05, 3.63) is 80.7 Å². The van der Waals surface area contributed by atoms with Crippen molar-refractivity contribution in [3.8, 4) is 0 Å². The zero-order valence-corrected chi connectivity index (χ0v) is 14.0. The smallest absolute Gasteiger partial charge is 0.399 e. The molecule has 0 aliphatic carbocycles. The third-order valence-electron chi connectivity index (χ3n) is 3.55. The molecule has 0 bridgehead atoms. The maximum atomic E-state index is 10.7. The molecular formula is C18H18O8. The number of benzene rings is 1. The Morgan fingerprint density at radius 2 is 1.12 bits per heavy atom. The summed E-state index contributed by atoms with van der Waals surface area (Å²) in [5, 5.41) is 0. The van der Waals surface area contributed by atoms with Gasteiger partial charge in [-0.05, 0) is 11.1 Å². The summed E-state index contributed by atoms with van der Waals surface area (Å²) >= 11 is 0. The highest BCUT2D eigenvalue weighted by Crippen LogP contribution is 2.08. The topological polar surface area (TPSA) is 105 Å². The number of ether oxygens (including phenoxy) is 2. The van der Waals surface area contributed by atoms with E-state index in [4.69, 9.17) is 18.3 Å². The average Bonchev–Trinajstić information content (AvgIpc) is 3.25. The summed E-state index contributed by atoms with van der Waals surface area (Å²) in [5.74, 6) is -0.464. The van der Waals surface area contributed by atoms with Gasteiger partial charge in [-0.15, -0.1) is 0 Å². The molecule has 2 aromatic heterocycles. The first kappa shape index (κ1) is 18.0. The van der Waals surface area contributed by atoms with Gasteiger partial charge in [-0.25, -0.2) is 9.59 Å². The van der Waals surface area contributed by atoms with Crippen LogP contribution in [0.4, 0.5) is 0 Å². The Morgan fingerprint density at radius 1 is 0.692 bits per heavy atom. The third-order valence-corrected chi connectivity index (χ3v) is 3.55. The molecule has 3 aromatic rings. The molecule has 138 valence electrons. The summed E-state index contributed by atoms with van der Waals surface area (Å²) in [7, 11) is 0. The van der Waals surface area contributed by atoms with Gasteiger partial charge in [0.2, 0.25) is 0 Å². The van der Waals surface area contributed by atoms with Crippen molar-refractivity contribution in [2.75, 3.05) is 13.2 Å². The van der Waals surface area contributed by atoms with E-state index in [9.17, 15) is 9.59 Å². The van der Waals surface area contributed by atoms with E-state index >= 15 is 0 Å². The van der Waals surface area contributed by atoms with E-state index in [1.807, 2.05) is 24.3 Å². The Labute approximate surface area is 147 Å². The summed E-state index contributed by atoms with van der Waals surface area (Å²) in [4.78, 5) is 21.5. The molecule has 2 heterocycles. The van der Waals surface area contributed by atoms with Crippen LogP contribution in [0.15, 0.2) is 64.0 Å². The van der Waals surface area contributed by atoms with Crippen molar-refractivity contribution >= 4 is 0 Å². The van der Waals surface area contributed by atoms with Crippen molar-refractivity contribution < 1.29 is 27.1 Å². The fourth-order valence-corrected chi connectivity index (χ4v) is 2.22. The van der Waals surface area contributed by atoms with Gasteiger partial charge in [0.25, 0.3) is 0 Å². The Balaban J connectivity index is 1.32. The highest BCUT2D eigenvalue weighted by atomic mass is 16.6. The number of rotatable bonds is 10. The van der Waals surface area contributed by atoms with Crippen LogP contribution in [-0.2, 0) is 35.5 Å². The van der Waals surface area contributed by atoms with Crippen molar-refractivity contribution in [1.82, 2.24) is 0 Å². The van der Waals surface area contributed by atoms with Gasteiger partial charge in [-0.2, -0.15) is 0 Å². The molecule has 3 rings (SSSR count). The molecule has 0 saturated heterocycles. The van der Waals surface area contributed by atoms with Crippen LogP contribution >= 0.6 is 0 Å². The van der Waals surface area contributed by atoms with Crippen molar-refractivity contribution in [1.29, 1.82) is 0 Å². The molecule has 0 atom stereocenters. The van der Waals surface area contributed by atoms with E-state index in [0.29, 0.717) is 50.8 Å². The Hall–Kier alpha value is -2.84. The van der Waals surface area contributed by atoms with E-state index in [1.54, 1.807) is 0 Å². The second-order valence-corrected chi connectivity index (χ2v) is 5.53. The van der Waals surface area contributed by atoms with E-state index < -0.39 is 11.6 Å². The lowest BCUT2D eigenvalue weighted by Crippen LogP contribution is -2.00. The predicted octanol–water partition coefficient (Wildman–Crippen LogP) is 2.30. The van der Waals surface area contributed by atoms with Crippen LogP contribution < -0.4 is 11.6 Å². The lowest BCUT2D eigenvalue weighted by molar-refractivity contribution is 0.118. The summed E-state index contributed by atoms with van der Waals surface area (Å²) in [6.07, 6.45) is 3.55. The molecule has 0 aliphatic rings. The molecule has 0 fully saturated rings. The Bertz CT molecular complexity index is 821. The van der Waals surface area contributed by atoms with Gasteiger partial charge >= 0.3 is 11.6 Å². The first-order valence-corrected chi connectivity index (χ1v) is 8.07. The normalized spacial score (nSPS) is 11.1. The molecule has 26 heavy (non-hydrogen) atoms. The van der Waals surface area contributed by atoms with Gasteiger partial charge in [0, 0.05) is 12.8 Å². The molecule has 0 spiro atoms. The van der Waals surface area contributed by atoms with Crippen molar-refractivity contribution in [2.24, 2.45) is 0 Å². The van der Waals surface area contributed by atoms with Crippen LogP contribution in [0.25, 0.3) is 0 Å². The van der Waals surface area contributed by atoms with Crippen molar-refractivity contribution in [2.45, 2.75) is 26.1 Å². The molecule has 8 heteroatoms. The lowest BCUT2D eigenvalue weighted by atomic mass is 10.1. The highest BCUT2D eigenvalue weighted by Gasteiger charge is 2.03. The number of hydrogen-bond acceptors (Lipinski definition) is 8. The second kappa shape index (κ2) is 9.02. The highest BCUT2D eigenvalue weighted by molar-refractivity contribution is 5.21. The summed E-state index contributed by atoms with van der Waals surface area (Å²) in [6.45, 7) is 1.78. The van der Waals surface area contributed by atoms with Crippen LogP contribution in [0.3, 0.4) is 0 Å². The second-order valence-electron chi connectivity index (χ2n) is 5.53. The molecule has 0 aliphatic heterocycles. The average molecular weight is 362 g/mol. The SMILES string of the molecule is O=c1occ(CCOCc2ccc(COCCc3coc(=O)o3)cc2)o1. The minimum atomic E-state index is -0.702. The molecular weight excluding hydrogens is 344 g/mol. The van der Waals surface area contributed by atoms with Crippen LogP contribution in [0.5, 0.6) is 0 Å². The standard InChI is InChI=1S/C18H18O8/c19-17-23-11-15(25-17)5-7-21-9-13-1-2-14(4-3-13)10-22-8-6-16-12-24-18(20)26-16/h1-4,11-12H,5-10H2. The predicted molar refractivity (Wildman–Crippen MR) is 87.7 cm³/mol. The quantitative estimate of drug-likeness (QED) is 0.506. The monoisotopic (exact) mass is 362 g/mol. The molecule has 1 aromatic carbocycles. The molecule has 0 amide bonds. The first-order chi connectivity index (χ1) is 12.7. The zero-order valence-electron chi connectivity index (χ0n) is 14.0. The van der Waals surface area contributed by atoms with Crippen LogP contribution in [-0.4, -0.2) is 13.2 Å². The van der Waals surface area contributed by atoms with Crippen molar-refractivity contribution in [3.63, 3.8) is 0 Å². The van der Waals surface area contributed by atoms with Gasteiger partial charge in [-0.1, -0.05) is 24.3 Å². The molecule has 0 radical (unpaired) electrons. The summed E-state index contributed by atoms with van der Waals surface area (Å²) in [5.41, 5.74) is 2.06. The first-order valence-electron chi connectivity index (χ1n) is 8.07. The fraction of sp³-hybridized carbons (Fsp3) is 0.333. The van der Waals surface area contributed by atoms with Gasteiger partial charge in [-0.3, -0.25) is 0 Å². The van der Waals surface area contributed by atoms with Crippen LogP contribution in [0, 0.1) is 0 Å². The fourth-order valence-electron chi connectivity index (χ4n) is 2.22. The molecule has 0 saturated carbocycles. The molecule has 0 unspecified atom stereocenters. The minimum Gasteiger partial charge on any atom is -0.399 e. The molecule has 8 nitrogen and oxygen atoms in total. The summed E-state index contributed by atoms with van der Waals surface area (Å²) < 4.78 is 29.7. The van der Waals surface area contributed by atoms with Gasteiger partial charge in [0.15, 0.2) is 0 Å². The summed E-state index contributed by atoms with van der Waals surface area (Å²) in [6, 6.07) is 7.86. The maximum Gasteiger partial charge on any atom is 0.518 e. The largest absolute Gasteiger partial charge is 0.518 e. The maximum absolute atomic E-state index is 10.7. The van der Waals surface area contributed by atoms with Crippen LogP contribution in [0.1, 0.15) is 22.6 Å². The molecule has 0 N–H and O–H groups in total. The van der Waals surface area contributed by atoms with E-state index in [2.05, 4.69) is 8.83 Å². The van der Waals surface area contributed by atoms with Gasteiger partial charge in [0.1, 0.15) is 24.0 Å². The van der Waals surface area contributed by atoms with Crippen LogP contribution in [0.2, 0.25) is 0 Å². The van der Waals surface area contributed by atoms with E-state index in [0.717, 1.165) is 11.1 Å². The third kappa shape index (κ3) is 5.61. The van der Waals surface area contributed by atoms with Gasteiger partial charge in [0.05, 0.1) is 26.4 Å². The van der Waals surface area contributed by atoms with Gasteiger partial charge < -0.3 is 27.1 Å². The minimum absolute atomic E-state index is 0.428. The number of hydrogen-bond donors (Lipinski definition) is 0. The Kier molecular flexibility index (Phi) is 6.24. The lowest BCUT2D eigenvalue weighted by Gasteiger charge is -2.06. The van der Waals surface area contributed by atoms with E-state index in [-0.39, 0.29) is 0 Å². The Morgan fingerprint density at radius 3 is 1.46 bits per heavy atom. The zero-order chi connectivity index (χ0) is 18.2. The van der Waals surface area contributed by atoms with E-state index in [1.165, 1.54) is 12.5 Å².